The average Bonchev–Trinajstić information content (AvgIpc) is 2.73. The van der Waals surface area contributed by atoms with Gasteiger partial charge in [0.2, 0.25) is 10.0 Å². The molecule has 0 radical (unpaired) electrons. The Bertz CT molecular complexity index is 1260. The second-order valence-electron chi connectivity index (χ2n) is 8.09. The van der Waals surface area contributed by atoms with Gasteiger partial charge < -0.3 is 4.90 Å². The Morgan fingerprint density at radius 1 is 1.09 bits per heavy atom. The smallest absolute Gasteiger partial charge is 0.253 e. The van der Waals surface area contributed by atoms with Crippen LogP contribution in [0.5, 0.6) is 0 Å². The zero-order valence-electron chi connectivity index (χ0n) is 17.9. The number of nitrogens with zero attached hydrogens (tertiary/aromatic N) is 2. The Morgan fingerprint density at radius 3 is 2.28 bits per heavy atom. The molecular weight excluding hydrogens is 450 g/mol. The summed E-state index contributed by atoms with van der Waals surface area (Å²) in [5.41, 5.74) is 2.87. The fourth-order valence-corrected chi connectivity index (χ4v) is 6.82. The van der Waals surface area contributed by atoms with Crippen molar-refractivity contribution in [2.45, 2.75) is 25.7 Å². The Hall–Kier alpha value is -2.90. The summed E-state index contributed by atoms with van der Waals surface area (Å²) in [6.07, 6.45) is 2.43. The van der Waals surface area contributed by atoms with Crippen molar-refractivity contribution in [2.75, 3.05) is 29.2 Å². The van der Waals surface area contributed by atoms with E-state index in [0.717, 1.165) is 24.7 Å². The first kappa shape index (κ1) is 23.8. The van der Waals surface area contributed by atoms with E-state index in [1.807, 2.05) is 12.1 Å². The number of nitriles is 1. The molecule has 10 heteroatoms. The van der Waals surface area contributed by atoms with Crippen LogP contribution in [0.2, 0.25) is 0 Å². The van der Waals surface area contributed by atoms with Crippen LogP contribution in [0.4, 0.5) is 5.69 Å². The number of likely N-dealkylation sites (tertiary alicyclic amines) is 1. The van der Waals surface area contributed by atoms with Crippen molar-refractivity contribution in [2.24, 2.45) is 0 Å². The summed E-state index contributed by atoms with van der Waals surface area (Å²) >= 11 is 0. The number of hydrogen-bond donors (Lipinski definition) is 1. The molecule has 3 rings (SSSR count). The number of sulfonamides is 1. The van der Waals surface area contributed by atoms with Crippen molar-refractivity contribution < 1.29 is 21.6 Å². The maximum Gasteiger partial charge on any atom is 0.253 e. The highest BCUT2D eigenvalue weighted by molar-refractivity contribution is 8.08. The molecule has 1 saturated heterocycles. The Kier molecular flexibility index (Phi) is 6.91. The molecule has 0 saturated carbocycles. The third kappa shape index (κ3) is 6.08. The summed E-state index contributed by atoms with van der Waals surface area (Å²) in [6.45, 7) is 2.80. The van der Waals surface area contributed by atoms with Gasteiger partial charge in [-0.3, -0.25) is 9.52 Å². The third-order valence-electron chi connectivity index (χ3n) is 5.41. The fraction of sp³-hybridized carbons (Fsp3) is 0.364. The lowest BCUT2D eigenvalue weighted by atomic mass is 9.89. The largest absolute Gasteiger partial charge is 0.339 e. The standard InChI is InChI=1S/C22H25N3O5S2/c1-16-3-6-20(13-21(16)24-32(29,30)15-31(2,27)28)22(26)25-11-9-19(10-12-25)18-7-4-17(14-23)5-8-18/h3-8,13,19,24H,9-12,15H2,1-2H3. The lowest BCUT2D eigenvalue weighted by Crippen LogP contribution is -2.38. The van der Waals surface area contributed by atoms with Crippen LogP contribution in [-0.2, 0) is 19.9 Å². The van der Waals surface area contributed by atoms with Crippen LogP contribution in [0.3, 0.4) is 0 Å². The van der Waals surface area contributed by atoms with E-state index in [1.54, 1.807) is 36.1 Å². The predicted molar refractivity (Wildman–Crippen MR) is 122 cm³/mol. The van der Waals surface area contributed by atoms with E-state index in [-0.39, 0.29) is 11.6 Å². The second kappa shape index (κ2) is 9.30. The first-order chi connectivity index (χ1) is 15.0. The number of rotatable bonds is 6. The number of amides is 1. The quantitative estimate of drug-likeness (QED) is 0.685. The summed E-state index contributed by atoms with van der Waals surface area (Å²) in [5, 5.41) is 7.91. The van der Waals surface area contributed by atoms with Gasteiger partial charge in [0.1, 0.15) is 0 Å². The number of piperidine rings is 1. The van der Waals surface area contributed by atoms with Crippen molar-refractivity contribution >= 4 is 31.5 Å². The maximum absolute atomic E-state index is 13.0. The van der Waals surface area contributed by atoms with E-state index in [0.29, 0.717) is 35.7 Å². The molecule has 0 aliphatic carbocycles. The minimum Gasteiger partial charge on any atom is -0.339 e. The Balaban J connectivity index is 1.69. The van der Waals surface area contributed by atoms with Gasteiger partial charge in [-0.05, 0) is 61.1 Å². The summed E-state index contributed by atoms with van der Waals surface area (Å²) in [5.74, 6) is 0.106. The van der Waals surface area contributed by atoms with Crippen LogP contribution < -0.4 is 4.72 Å². The zero-order valence-corrected chi connectivity index (χ0v) is 19.5. The Labute approximate surface area is 188 Å². The van der Waals surface area contributed by atoms with Gasteiger partial charge in [0.15, 0.2) is 14.9 Å². The number of anilines is 1. The number of benzene rings is 2. The van der Waals surface area contributed by atoms with Gasteiger partial charge in [0, 0.05) is 24.9 Å². The SMILES string of the molecule is Cc1ccc(C(=O)N2CCC(c3ccc(C#N)cc3)CC2)cc1NS(=O)(=O)CS(C)(=O)=O. The molecule has 1 fully saturated rings. The first-order valence-corrected chi connectivity index (χ1v) is 13.8. The molecule has 0 atom stereocenters. The van der Waals surface area contributed by atoms with Gasteiger partial charge in [-0.25, -0.2) is 16.8 Å². The molecule has 32 heavy (non-hydrogen) atoms. The molecular formula is C22H25N3O5S2. The van der Waals surface area contributed by atoms with Crippen molar-refractivity contribution in [3.63, 3.8) is 0 Å². The predicted octanol–water partition coefficient (Wildman–Crippen LogP) is 2.63. The number of sulfone groups is 1. The summed E-state index contributed by atoms with van der Waals surface area (Å²) in [7, 11) is -7.84. The minimum atomic E-state index is -4.11. The highest BCUT2D eigenvalue weighted by Crippen LogP contribution is 2.29. The van der Waals surface area contributed by atoms with E-state index in [2.05, 4.69) is 10.8 Å². The third-order valence-corrected chi connectivity index (χ3v) is 8.90. The van der Waals surface area contributed by atoms with Gasteiger partial charge in [-0.1, -0.05) is 18.2 Å². The molecule has 8 nitrogen and oxygen atoms in total. The topological polar surface area (TPSA) is 124 Å². The van der Waals surface area contributed by atoms with E-state index in [4.69, 9.17) is 5.26 Å². The van der Waals surface area contributed by atoms with Crippen LogP contribution >= 0.6 is 0 Å². The molecule has 170 valence electrons. The number of aryl methyl sites for hydroxylation is 1. The molecule has 2 aromatic carbocycles. The van der Waals surface area contributed by atoms with Crippen molar-refractivity contribution in [1.82, 2.24) is 4.90 Å². The first-order valence-electron chi connectivity index (χ1n) is 10.1. The van der Waals surface area contributed by atoms with Crippen LogP contribution in [0, 0.1) is 18.3 Å². The summed E-state index contributed by atoms with van der Waals surface area (Å²) < 4.78 is 49.3. The number of carbonyl (C=O) groups is 1. The van der Waals surface area contributed by atoms with Crippen molar-refractivity contribution in [3.05, 3.63) is 64.7 Å². The van der Waals surface area contributed by atoms with Gasteiger partial charge in [-0.15, -0.1) is 0 Å². The normalized spacial score (nSPS) is 15.2. The van der Waals surface area contributed by atoms with E-state index in [1.165, 1.54) is 6.07 Å². The molecule has 1 N–H and O–H groups in total. The van der Waals surface area contributed by atoms with Crippen LogP contribution in [0.25, 0.3) is 0 Å². The van der Waals surface area contributed by atoms with E-state index >= 15 is 0 Å². The van der Waals surface area contributed by atoms with E-state index in [9.17, 15) is 21.6 Å². The second-order valence-corrected chi connectivity index (χ2v) is 12.3. The van der Waals surface area contributed by atoms with Gasteiger partial charge >= 0.3 is 0 Å². The molecule has 0 bridgehead atoms. The van der Waals surface area contributed by atoms with Gasteiger partial charge in [0.25, 0.3) is 5.91 Å². The molecule has 1 heterocycles. The minimum absolute atomic E-state index is 0.187. The summed E-state index contributed by atoms with van der Waals surface area (Å²) in [4.78, 5) is 14.7. The molecule has 2 aromatic rings. The number of carbonyl (C=O) groups excluding carboxylic acids is 1. The number of nitrogens with one attached hydrogen (secondary N) is 1. The monoisotopic (exact) mass is 475 g/mol. The highest BCUT2D eigenvalue weighted by Gasteiger charge is 2.25. The fourth-order valence-electron chi connectivity index (χ4n) is 3.77. The molecule has 1 aliphatic rings. The lowest BCUT2D eigenvalue weighted by Gasteiger charge is -2.32. The van der Waals surface area contributed by atoms with E-state index < -0.39 is 24.9 Å². The molecule has 0 unspecified atom stereocenters. The highest BCUT2D eigenvalue weighted by atomic mass is 32.3. The molecule has 0 spiro atoms. The van der Waals surface area contributed by atoms with Gasteiger partial charge in [-0.2, -0.15) is 5.26 Å². The molecule has 1 amide bonds. The van der Waals surface area contributed by atoms with Gasteiger partial charge in [0.05, 0.1) is 17.3 Å². The van der Waals surface area contributed by atoms with Crippen molar-refractivity contribution in [1.29, 1.82) is 5.26 Å². The zero-order chi connectivity index (χ0) is 23.5. The maximum atomic E-state index is 13.0. The lowest BCUT2D eigenvalue weighted by molar-refractivity contribution is 0.0713. The summed E-state index contributed by atoms with van der Waals surface area (Å²) in [6, 6.07) is 14.3. The van der Waals surface area contributed by atoms with Crippen LogP contribution in [0.15, 0.2) is 42.5 Å². The Morgan fingerprint density at radius 2 is 1.72 bits per heavy atom. The van der Waals surface area contributed by atoms with Crippen LogP contribution in [-0.4, -0.2) is 52.1 Å². The van der Waals surface area contributed by atoms with Crippen molar-refractivity contribution in [3.8, 4) is 6.07 Å². The average molecular weight is 476 g/mol. The molecule has 1 aliphatic heterocycles. The molecule has 0 aromatic heterocycles. The van der Waals surface area contributed by atoms with Crippen LogP contribution in [0.1, 0.15) is 45.8 Å². The number of hydrogen-bond acceptors (Lipinski definition) is 6.